The van der Waals surface area contributed by atoms with Crippen molar-refractivity contribution in [1.29, 1.82) is 0 Å². The van der Waals surface area contributed by atoms with Crippen molar-refractivity contribution in [3.63, 3.8) is 0 Å². The van der Waals surface area contributed by atoms with Gasteiger partial charge in [0.25, 0.3) is 0 Å². The molecule has 2 atom stereocenters. The monoisotopic (exact) mass is 343 g/mol. The summed E-state index contributed by atoms with van der Waals surface area (Å²) in [5.41, 5.74) is 0.444. The second-order valence-electron chi connectivity index (χ2n) is 4.76. The molecule has 2 unspecified atom stereocenters. The van der Waals surface area contributed by atoms with Crippen LogP contribution in [-0.4, -0.2) is 24.5 Å². The smallest absolute Gasteiger partial charge is 0.319 e. The maximum Gasteiger partial charge on any atom is 0.319 e. The van der Waals surface area contributed by atoms with Crippen LogP contribution in [0, 0.1) is 11.7 Å². The first-order valence-corrected chi connectivity index (χ1v) is 7.07. The number of piperidine rings is 1. The Morgan fingerprint density at radius 3 is 2.90 bits per heavy atom. The zero-order chi connectivity index (χ0) is 14.7. The van der Waals surface area contributed by atoms with Gasteiger partial charge in [0.1, 0.15) is 11.9 Å². The Bertz CT molecular complexity index is 538. The highest BCUT2D eigenvalue weighted by atomic mass is 79.9. The first-order chi connectivity index (χ1) is 9.47. The first kappa shape index (κ1) is 14.8. The van der Waals surface area contributed by atoms with Crippen LogP contribution in [0.4, 0.5) is 14.9 Å². The Kier molecular flexibility index (Phi) is 4.59. The van der Waals surface area contributed by atoms with Crippen LogP contribution in [0.5, 0.6) is 0 Å². The molecular weight excluding hydrogens is 329 g/mol. The van der Waals surface area contributed by atoms with E-state index in [0.29, 0.717) is 12.2 Å². The quantitative estimate of drug-likeness (QED) is 0.770. The highest BCUT2D eigenvalue weighted by Gasteiger charge is 2.30. The third-order valence-electron chi connectivity index (χ3n) is 3.21. The molecule has 2 rings (SSSR count). The third-order valence-corrected chi connectivity index (χ3v) is 3.82. The van der Waals surface area contributed by atoms with Crippen molar-refractivity contribution in [2.45, 2.75) is 19.4 Å². The van der Waals surface area contributed by atoms with E-state index in [-0.39, 0.29) is 16.3 Å². The summed E-state index contributed by atoms with van der Waals surface area (Å²) >= 11 is 3.04. The fraction of sp³-hybridized carbons (Fsp3) is 0.385. The van der Waals surface area contributed by atoms with Gasteiger partial charge in [-0.3, -0.25) is 4.79 Å². The number of halogens is 2. The van der Waals surface area contributed by atoms with E-state index in [1.807, 2.05) is 6.92 Å². The van der Waals surface area contributed by atoms with Crippen LogP contribution >= 0.6 is 15.9 Å². The summed E-state index contributed by atoms with van der Waals surface area (Å²) in [6, 6.07) is 3.11. The summed E-state index contributed by atoms with van der Waals surface area (Å²) in [4.78, 5) is 23.5. The number of carbonyl (C=O) groups is 2. The molecule has 3 amide bonds. The van der Waals surface area contributed by atoms with Gasteiger partial charge in [-0.05, 0) is 46.5 Å². The number of rotatable bonds is 2. The molecule has 1 aromatic rings. The van der Waals surface area contributed by atoms with Gasteiger partial charge in [-0.1, -0.05) is 6.92 Å². The Balaban J connectivity index is 1.98. The molecule has 1 aromatic carbocycles. The predicted molar refractivity (Wildman–Crippen MR) is 76.8 cm³/mol. The Morgan fingerprint density at radius 2 is 2.25 bits per heavy atom. The van der Waals surface area contributed by atoms with E-state index in [2.05, 4.69) is 31.9 Å². The molecule has 5 nitrogen and oxygen atoms in total. The lowest BCUT2D eigenvalue weighted by Gasteiger charge is -2.28. The van der Waals surface area contributed by atoms with Gasteiger partial charge in [-0.2, -0.15) is 0 Å². The number of benzene rings is 1. The van der Waals surface area contributed by atoms with Gasteiger partial charge in [-0.25, -0.2) is 9.18 Å². The summed E-state index contributed by atoms with van der Waals surface area (Å²) in [6.45, 7) is 2.54. The van der Waals surface area contributed by atoms with Crippen molar-refractivity contribution in [3.05, 3.63) is 28.5 Å². The molecule has 108 valence electrons. The van der Waals surface area contributed by atoms with Crippen molar-refractivity contribution in [1.82, 2.24) is 10.6 Å². The Hall–Kier alpha value is -1.63. The third kappa shape index (κ3) is 3.47. The number of hydrogen-bond donors (Lipinski definition) is 3. The average Bonchev–Trinajstić information content (AvgIpc) is 2.38. The molecule has 0 saturated carbocycles. The molecular formula is C13H15BrFN3O2. The minimum Gasteiger partial charge on any atom is -0.354 e. The van der Waals surface area contributed by atoms with Crippen molar-refractivity contribution in [2.24, 2.45) is 5.92 Å². The first-order valence-electron chi connectivity index (χ1n) is 6.27. The van der Waals surface area contributed by atoms with E-state index in [9.17, 15) is 14.0 Å². The zero-order valence-corrected chi connectivity index (χ0v) is 12.5. The van der Waals surface area contributed by atoms with Gasteiger partial charge in [-0.15, -0.1) is 0 Å². The molecule has 0 aromatic heterocycles. The standard InChI is InChI=1S/C13H15BrFN3O2/c1-7-4-5-16-12(19)11(7)18-13(20)17-8-2-3-10(15)9(14)6-8/h2-3,6-7,11H,4-5H2,1H3,(H,16,19)(H2,17,18,20). The minimum absolute atomic E-state index is 0.0782. The predicted octanol–water partition coefficient (Wildman–Crippen LogP) is 2.23. The number of anilines is 1. The maximum absolute atomic E-state index is 13.1. The van der Waals surface area contributed by atoms with Gasteiger partial charge >= 0.3 is 6.03 Å². The lowest BCUT2D eigenvalue weighted by molar-refractivity contribution is -0.125. The molecule has 7 heteroatoms. The topological polar surface area (TPSA) is 70.2 Å². The summed E-state index contributed by atoms with van der Waals surface area (Å²) in [7, 11) is 0. The molecule has 0 radical (unpaired) electrons. The molecule has 3 N–H and O–H groups in total. The fourth-order valence-corrected chi connectivity index (χ4v) is 2.43. The number of nitrogens with one attached hydrogen (secondary N) is 3. The van der Waals surface area contributed by atoms with Gasteiger partial charge in [0.2, 0.25) is 5.91 Å². The van der Waals surface area contributed by atoms with E-state index < -0.39 is 17.9 Å². The number of urea groups is 1. The molecule has 1 heterocycles. The van der Waals surface area contributed by atoms with Crippen LogP contribution in [-0.2, 0) is 4.79 Å². The van der Waals surface area contributed by atoms with Gasteiger partial charge in [0.05, 0.1) is 4.47 Å². The molecule has 1 fully saturated rings. The van der Waals surface area contributed by atoms with Crippen LogP contribution in [0.2, 0.25) is 0 Å². The number of hydrogen-bond acceptors (Lipinski definition) is 2. The van der Waals surface area contributed by atoms with E-state index in [1.54, 1.807) is 0 Å². The average molecular weight is 344 g/mol. The summed E-state index contributed by atoms with van der Waals surface area (Å²) in [6.07, 6.45) is 0.818. The normalized spacial score (nSPS) is 22.1. The highest BCUT2D eigenvalue weighted by molar-refractivity contribution is 9.10. The van der Waals surface area contributed by atoms with Crippen LogP contribution in [0.25, 0.3) is 0 Å². The van der Waals surface area contributed by atoms with Gasteiger partial charge in [0.15, 0.2) is 0 Å². The molecule has 0 bridgehead atoms. The number of amides is 3. The van der Waals surface area contributed by atoms with Crippen LogP contribution in [0.3, 0.4) is 0 Å². The van der Waals surface area contributed by atoms with Crippen molar-refractivity contribution in [2.75, 3.05) is 11.9 Å². The van der Waals surface area contributed by atoms with Gasteiger partial charge in [0, 0.05) is 12.2 Å². The fourth-order valence-electron chi connectivity index (χ4n) is 2.05. The molecule has 0 aliphatic carbocycles. The SMILES string of the molecule is CC1CCNC(=O)C1NC(=O)Nc1ccc(F)c(Br)c1. The molecule has 1 saturated heterocycles. The lowest BCUT2D eigenvalue weighted by Crippen LogP contribution is -2.55. The second-order valence-corrected chi connectivity index (χ2v) is 5.62. The van der Waals surface area contributed by atoms with E-state index >= 15 is 0 Å². The number of carbonyl (C=O) groups excluding carboxylic acids is 2. The summed E-state index contributed by atoms with van der Waals surface area (Å²) in [5, 5.41) is 7.91. The molecule has 1 aliphatic heterocycles. The highest BCUT2D eigenvalue weighted by Crippen LogP contribution is 2.20. The maximum atomic E-state index is 13.1. The molecule has 0 spiro atoms. The van der Waals surface area contributed by atoms with Crippen molar-refractivity contribution in [3.8, 4) is 0 Å². The van der Waals surface area contributed by atoms with Crippen LogP contribution < -0.4 is 16.0 Å². The Morgan fingerprint density at radius 1 is 1.50 bits per heavy atom. The molecule has 20 heavy (non-hydrogen) atoms. The van der Waals surface area contributed by atoms with Crippen LogP contribution in [0.1, 0.15) is 13.3 Å². The van der Waals surface area contributed by atoms with E-state index in [1.165, 1.54) is 18.2 Å². The molecule has 1 aliphatic rings. The van der Waals surface area contributed by atoms with Crippen molar-refractivity contribution >= 4 is 33.6 Å². The van der Waals surface area contributed by atoms with Gasteiger partial charge < -0.3 is 16.0 Å². The van der Waals surface area contributed by atoms with E-state index in [0.717, 1.165) is 6.42 Å². The van der Waals surface area contributed by atoms with E-state index in [4.69, 9.17) is 0 Å². The van der Waals surface area contributed by atoms with Crippen LogP contribution in [0.15, 0.2) is 22.7 Å². The minimum atomic E-state index is -0.548. The summed E-state index contributed by atoms with van der Waals surface area (Å²) < 4.78 is 13.3. The Labute approximate surface area is 124 Å². The zero-order valence-electron chi connectivity index (χ0n) is 10.9. The lowest BCUT2D eigenvalue weighted by atomic mass is 9.94. The second kappa shape index (κ2) is 6.21. The largest absolute Gasteiger partial charge is 0.354 e. The van der Waals surface area contributed by atoms with Crippen molar-refractivity contribution < 1.29 is 14.0 Å². The summed E-state index contributed by atoms with van der Waals surface area (Å²) in [5.74, 6) is -0.509.